The van der Waals surface area contributed by atoms with Gasteiger partial charge >= 0.3 is 0 Å². The molecule has 15 heavy (non-hydrogen) atoms. The summed E-state index contributed by atoms with van der Waals surface area (Å²) in [6.07, 6.45) is 1.02. The molecule has 0 aromatic heterocycles. The summed E-state index contributed by atoms with van der Waals surface area (Å²) in [6, 6.07) is 4.85. The minimum absolute atomic E-state index is 0.235. The summed E-state index contributed by atoms with van der Waals surface area (Å²) in [5.74, 6) is -0.235. The van der Waals surface area contributed by atoms with E-state index >= 15 is 0 Å². The molecule has 0 unspecified atom stereocenters. The summed E-state index contributed by atoms with van der Waals surface area (Å²) < 4.78 is 13.1. The van der Waals surface area contributed by atoms with Crippen molar-refractivity contribution in [2.75, 3.05) is 17.2 Å². The van der Waals surface area contributed by atoms with E-state index in [2.05, 4.69) is 25.7 Å². The maximum atomic E-state index is 13.1. The summed E-state index contributed by atoms with van der Waals surface area (Å²) in [5.41, 5.74) is 7.29. The Balaban J connectivity index is 3.04. The number of nitrogens with zero attached hydrogens (tertiary/aromatic N) is 1. The third kappa shape index (κ3) is 2.85. The van der Waals surface area contributed by atoms with Crippen molar-refractivity contribution in [1.29, 1.82) is 0 Å². The Hall–Kier alpha value is -1.25. The van der Waals surface area contributed by atoms with E-state index < -0.39 is 0 Å². The average Bonchev–Trinajstić information content (AvgIpc) is 2.18. The van der Waals surface area contributed by atoms with Gasteiger partial charge in [-0.2, -0.15) is 0 Å². The first-order valence-electron chi connectivity index (χ1n) is 5.38. The number of nitrogen functional groups attached to an aromatic ring is 1. The number of anilines is 2. The second-order valence-electron chi connectivity index (χ2n) is 3.99. The zero-order valence-corrected chi connectivity index (χ0v) is 9.63. The van der Waals surface area contributed by atoms with Crippen molar-refractivity contribution in [1.82, 2.24) is 0 Å². The van der Waals surface area contributed by atoms with Gasteiger partial charge in [-0.05, 0) is 38.5 Å². The Morgan fingerprint density at radius 3 is 2.60 bits per heavy atom. The number of nitrogens with two attached hydrogens (primary N) is 1. The lowest BCUT2D eigenvalue weighted by Crippen LogP contribution is -2.32. The lowest BCUT2D eigenvalue weighted by atomic mass is 10.2. The monoisotopic (exact) mass is 210 g/mol. The normalized spacial score (nSPS) is 10.7. The van der Waals surface area contributed by atoms with Crippen LogP contribution in [0.15, 0.2) is 18.2 Å². The molecule has 0 aliphatic rings. The Bertz CT molecular complexity index is 323. The Labute approximate surface area is 90.9 Å². The van der Waals surface area contributed by atoms with Gasteiger partial charge in [0, 0.05) is 12.6 Å². The molecule has 1 aromatic carbocycles. The number of rotatable bonds is 4. The maximum absolute atomic E-state index is 13.1. The topological polar surface area (TPSA) is 29.3 Å². The molecule has 3 heteroatoms. The van der Waals surface area contributed by atoms with Gasteiger partial charge in [-0.25, -0.2) is 4.39 Å². The quantitative estimate of drug-likeness (QED) is 0.774. The summed E-state index contributed by atoms with van der Waals surface area (Å²) >= 11 is 0. The average molecular weight is 210 g/mol. The molecule has 1 aromatic rings. The highest BCUT2D eigenvalue weighted by molar-refractivity contribution is 5.67. The van der Waals surface area contributed by atoms with Gasteiger partial charge in [0.15, 0.2) is 0 Å². The second kappa shape index (κ2) is 5.01. The highest BCUT2D eigenvalue weighted by Gasteiger charge is 2.12. The molecule has 0 saturated carbocycles. The number of benzene rings is 1. The zero-order valence-electron chi connectivity index (χ0n) is 9.63. The second-order valence-corrected chi connectivity index (χ2v) is 3.99. The molecule has 0 saturated heterocycles. The van der Waals surface area contributed by atoms with Crippen molar-refractivity contribution < 1.29 is 4.39 Å². The molecule has 0 radical (unpaired) electrons. The van der Waals surface area contributed by atoms with Gasteiger partial charge in [0.25, 0.3) is 0 Å². The van der Waals surface area contributed by atoms with Gasteiger partial charge in [0.2, 0.25) is 0 Å². The predicted octanol–water partition coefficient (Wildman–Crippen LogP) is 3.03. The molecule has 2 N–H and O–H groups in total. The van der Waals surface area contributed by atoms with Crippen LogP contribution in [0.25, 0.3) is 0 Å². The molecule has 0 amide bonds. The summed E-state index contributed by atoms with van der Waals surface area (Å²) in [7, 11) is 0. The minimum atomic E-state index is -0.235. The van der Waals surface area contributed by atoms with Crippen LogP contribution in [0.2, 0.25) is 0 Å². The van der Waals surface area contributed by atoms with E-state index in [1.165, 1.54) is 12.1 Å². The maximum Gasteiger partial charge on any atom is 0.125 e. The van der Waals surface area contributed by atoms with E-state index in [0.717, 1.165) is 18.7 Å². The van der Waals surface area contributed by atoms with Crippen LogP contribution in [0.4, 0.5) is 15.8 Å². The largest absolute Gasteiger partial charge is 0.397 e. The van der Waals surface area contributed by atoms with Crippen LogP contribution in [0, 0.1) is 5.82 Å². The van der Waals surface area contributed by atoms with Gasteiger partial charge < -0.3 is 10.6 Å². The molecule has 84 valence electrons. The van der Waals surface area contributed by atoms with Crippen LogP contribution in [0.3, 0.4) is 0 Å². The number of halogens is 1. The fourth-order valence-corrected chi connectivity index (χ4v) is 1.66. The SMILES string of the molecule is CCCN(c1cc(F)ccc1N)C(C)C. The summed E-state index contributed by atoms with van der Waals surface area (Å²) in [4.78, 5) is 2.12. The van der Waals surface area contributed by atoms with E-state index in [1.807, 2.05) is 0 Å². The number of hydrogen-bond donors (Lipinski definition) is 1. The molecule has 0 spiro atoms. The Kier molecular flexibility index (Phi) is 3.95. The van der Waals surface area contributed by atoms with Gasteiger partial charge in [0.1, 0.15) is 5.82 Å². The third-order valence-electron chi connectivity index (χ3n) is 2.39. The standard InChI is InChI=1S/C12H19FN2/c1-4-7-15(9(2)3)12-8-10(13)5-6-11(12)14/h5-6,8-9H,4,7,14H2,1-3H3. The number of hydrogen-bond acceptors (Lipinski definition) is 2. The Morgan fingerprint density at radius 2 is 2.07 bits per heavy atom. The Morgan fingerprint density at radius 1 is 1.40 bits per heavy atom. The van der Waals surface area contributed by atoms with E-state index in [4.69, 9.17) is 5.73 Å². The smallest absolute Gasteiger partial charge is 0.125 e. The van der Waals surface area contributed by atoms with E-state index in [-0.39, 0.29) is 5.82 Å². The van der Waals surface area contributed by atoms with Crippen LogP contribution < -0.4 is 10.6 Å². The van der Waals surface area contributed by atoms with Gasteiger partial charge in [-0.15, -0.1) is 0 Å². The van der Waals surface area contributed by atoms with Crippen molar-refractivity contribution in [2.24, 2.45) is 0 Å². The van der Waals surface area contributed by atoms with Gasteiger partial charge in [-0.3, -0.25) is 0 Å². The highest BCUT2D eigenvalue weighted by atomic mass is 19.1. The molecule has 2 nitrogen and oxygen atoms in total. The van der Waals surface area contributed by atoms with Crippen molar-refractivity contribution in [3.8, 4) is 0 Å². The molecule has 0 aliphatic heterocycles. The summed E-state index contributed by atoms with van der Waals surface area (Å²) in [5, 5.41) is 0. The van der Waals surface area contributed by atoms with Crippen molar-refractivity contribution in [3.05, 3.63) is 24.0 Å². The first-order valence-corrected chi connectivity index (χ1v) is 5.38. The molecule has 0 bridgehead atoms. The van der Waals surface area contributed by atoms with Crippen LogP contribution in [0.1, 0.15) is 27.2 Å². The molecule has 0 atom stereocenters. The summed E-state index contributed by atoms with van der Waals surface area (Å²) in [6.45, 7) is 7.16. The van der Waals surface area contributed by atoms with Crippen LogP contribution in [-0.2, 0) is 0 Å². The molecule has 1 rings (SSSR count). The zero-order chi connectivity index (χ0) is 11.4. The first kappa shape index (κ1) is 11.8. The third-order valence-corrected chi connectivity index (χ3v) is 2.39. The lowest BCUT2D eigenvalue weighted by molar-refractivity contribution is 0.622. The van der Waals surface area contributed by atoms with Crippen molar-refractivity contribution >= 4 is 11.4 Å². The fourth-order valence-electron chi connectivity index (χ4n) is 1.66. The molecular weight excluding hydrogens is 191 g/mol. The van der Waals surface area contributed by atoms with E-state index in [1.54, 1.807) is 6.07 Å². The highest BCUT2D eigenvalue weighted by Crippen LogP contribution is 2.25. The molecule has 0 aliphatic carbocycles. The molecule has 0 heterocycles. The first-order chi connectivity index (χ1) is 7.06. The lowest BCUT2D eigenvalue weighted by Gasteiger charge is -2.29. The predicted molar refractivity (Wildman–Crippen MR) is 63.6 cm³/mol. The fraction of sp³-hybridized carbons (Fsp3) is 0.500. The minimum Gasteiger partial charge on any atom is -0.397 e. The van der Waals surface area contributed by atoms with Crippen molar-refractivity contribution in [2.45, 2.75) is 33.2 Å². The van der Waals surface area contributed by atoms with Crippen LogP contribution in [-0.4, -0.2) is 12.6 Å². The van der Waals surface area contributed by atoms with Crippen LogP contribution in [0.5, 0.6) is 0 Å². The van der Waals surface area contributed by atoms with Gasteiger partial charge in [0.05, 0.1) is 11.4 Å². The van der Waals surface area contributed by atoms with E-state index in [0.29, 0.717) is 11.7 Å². The van der Waals surface area contributed by atoms with Crippen LogP contribution >= 0.6 is 0 Å². The van der Waals surface area contributed by atoms with E-state index in [9.17, 15) is 4.39 Å². The molecule has 0 fully saturated rings. The molecular formula is C12H19FN2. The van der Waals surface area contributed by atoms with Crippen molar-refractivity contribution in [3.63, 3.8) is 0 Å². The van der Waals surface area contributed by atoms with Gasteiger partial charge in [-0.1, -0.05) is 6.92 Å².